The first-order chi connectivity index (χ1) is 36.7. The normalized spacial score (nSPS) is 12.1. The Morgan fingerprint density at radius 3 is 1.28 bits per heavy atom. The van der Waals surface area contributed by atoms with Crippen LogP contribution in [0, 0.1) is 0 Å². The molecule has 0 bridgehead atoms. The molecule has 1 aromatic heterocycles. The minimum atomic E-state index is 0.0355. The number of hydrogen-bond donors (Lipinski definition) is 0. The van der Waals surface area contributed by atoms with E-state index >= 15 is 0 Å². The minimum absolute atomic E-state index is 0.0355. The SMILES string of the molecule is CC(C)c1ccc(-c2ccccc2N(c2cccc(-c3ccccc3)c2)c2ccc3cc4c(cc3c2)oc2cc3cc(N(c5ccc(C(C)(C)C)cc5)c5ccccc5-c5ccc(C(C)(C)C)cc5)ccc3cc24)cc1. The molecule has 0 saturated heterocycles. The van der Waals surface area contributed by atoms with E-state index < -0.39 is 0 Å². The predicted octanol–water partition coefficient (Wildman–Crippen LogP) is 21.6. The molecule has 12 aromatic rings. The number of hydrogen-bond acceptors (Lipinski definition) is 3. The molecule has 11 aromatic carbocycles. The molecule has 0 radical (unpaired) electrons. The van der Waals surface area contributed by atoms with Crippen LogP contribution in [0.3, 0.4) is 0 Å². The Balaban J connectivity index is 0.966. The second-order valence-electron chi connectivity index (χ2n) is 22.9. The average Bonchev–Trinajstić information content (AvgIpc) is 3.82. The smallest absolute Gasteiger partial charge is 0.136 e. The minimum Gasteiger partial charge on any atom is -0.456 e. The first kappa shape index (κ1) is 48.3. The van der Waals surface area contributed by atoms with Crippen molar-refractivity contribution in [1.82, 2.24) is 0 Å². The van der Waals surface area contributed by atoms with E-state index in [0.717, 1.165) is 77.6 Å². The van der Waals surface area contributed by atoms with Crippen molar-refractivity contribution in [3.8, 4) is 33.4 Å². The molecule has 3 nitrogen and oxygen atoms in total. The highest BCUT2D eigenvalue weighted by Gasteiger charge is 2.23. The van der Waals surface area contributed by atoms with Crippen molar-refractivity contribution in [3.05, 3.63) is 253 Å². The first-order valence-electron chi connectivity index (χ1n) is 26.8. The Bertz CT molecular complexity index is 4080. The zero-order chi connectivity index (χ0) is 52.3. The van der Waals surface area contributed by atoms with Crippen LogP contribution in [-0.4, -0.2) is 0 Å². The molecule has 0 saturated carbocycles. The Kier molecular flexibility index (Phi) is 12.2. The van der Waals surface area contributed by atoms with Crippen molar-refractivity contribution in [3.63, 3.8) is 0 Å². The molecule has 0 aliphatic rings. The molecule has 0 unspecified atom stereocenters. The molecule has 0 atom stereocenters. The van der Waals surface area contributed by atoms with Crippen LogP contribution < -0.4 is 9.80 Å². The van der Waals surface area contributed by atoms with Crippen molar-refractivity contribution >= 4 is 77.6 Å². The summed E-state index contributed by atoms with van der Waals surface area (Å²) in [6.07, 6.45) is 0. The molecule has 372 valence electrons. The summed E-state index contributed by atoms with van der Waals surface area (Å²) < 4.78 is 6.90. The van der Waals surface area contributed by atoms with Gasteiger partial charge in [0.2, 0.25) is 0 Å². The highest BCUT2D eigenvalue weighted by molar-refractivity contribution is 6.14. The van der Waals surface area contributed by atoms with Crippen molar-refractivity contribution in [2.75, 3.05) is 9.80 Å². The molecule has 0 N–H and O–H groups in total. The van der Waals surface area contributed by atoms with E-state index in [1.54, 1.807) is 0 Å². The van der Waals surface area contributed by atoms with Crippen LogP contribution in [0.25, 0.3) is 76.9 Å². The highest BCUT2D eigenvalue weighted by atomic mass is 16.3. The lowest BCUT2D eigenvalue weighted by atomic mass is 9.86. The molecule has 0 spiro atoms. The summed E-state index contributed by atoms with van der Waals surface area (Å²) in [5, 5.41) is 6.76. The van der Waals surface area contributed by atoms with Gasteiger partial charge < -0.3 is 14.2 Å². The number of anilines is 6. The number of benzene rings is 11. The van der Waals surface area contributed by atoms with Crippen LogP contribution in [0.5, 0.6) is 0 Å². The quantitative estimate of drug-likeness (QED) is 0.136. The van der Waals surface area contributed by atoms with Crippen LogP contribution in [0.4, 0.5) is 34.1 Å². The summed E-state index contributed by atoms with van der Waals surface area (Å²) in [7, 11) is 0. The summed E-state index contributed by atoms with van der Waals surface area (Å²) in [4.78, 5) is 4.82. The van der Waals surface area contributed by atoms with Gasteiger partial charge in [-0.15, -0.1) is 0 Å². The van der Waals surface area contributed by atoms with Gasteiger partial charge >= 0.3 is 0 Å². The predicted molar refractivity (Wildman–Crippen MR) is 326 cm³/mol. The molecule has 3 heteroatoms. The average molecular weight is 985 g/mol. The topological polar surface area (TPSA) is 19.6 Å². The van der Waals surface area contributed by atoms with Gasteiger partial charge in [-0.25, -0.2) is 0 Å². The number of para-hydroxylation sites is 2. The lowest BCUT2D eigenvalue weighted by Gasteiger charge is -2.29. The Morgan fingerprint density at radius 1 is 0.329 bits per heavy atom. The standard InChI is InChI=1S/C73H64N2O/c1-48(2)49-25-27-51(28-26-49)64-21-13-15-24-69(64)75(61-20-16-19-53(41-61)50-17-10-9-11-18-50)63-38-32-55-45-67-66-44-54-31-37-62(42-56(54)46-70(66)76-71(67)47-57(55)43-63)74(60-39-35-59(36-40-60)73(6,7)8)68-23-14-12-22-65(68)52-29-33-58(34-30-52)72(3,4)5/h9-48H,1-8H3. The maximum atomic E-state index is 6.90. The zero-order valence-electron chi connectivity index (χ0n) is 44.9. The summed E-state index contributed by atoms with van der Waals surface area (Å²) in [6.45, 7) is 18.1. The largest absolute Gasteiger partial charge is 0.456 e. The van der Waals surface area contributed by atoms with E-state index in [2.05, 4.69) is 302 Å². The van der Waals surface area contributed by atoms with Crippen LogP contribution in [0.1, 0.15) is 78.0 Å². The fraction of sp³-hybridized carbons (Fsp3) is 0.151. The van der Waals surface area contributed by atoms with E-state index in [0.29, 0.717) is 5.92 Å². The van der Waals surface area contributed by atoms with Gasteiger partial charge in [-0.3, -0.25) is 0 Å². The van der Waals surface area contributed by atoms with Gasteiger partial charge in [0.05, 0.1) is 11.4 Å². The van der Waals surface area contributed by atoms with E-state index in [4.69, 9.17) is 4.42 Å². The first-order valence-corrected chi connectivity index (χ1v) is 26.8. The Labute approximate surface area is 448 Å². The lowest BCUT2D eigenvalue weighted by molar-refractivity contribution is 0.590. The number of nitrogens with zero attached hydrogens (tertiary/aromatic N) is 2. The van der Waals surface area contributed by atoms with Gasteiger partial charge in [0.15, 0.2) is 0 Å². The Hall–Kier alpha value is -8.66. The summed E-state index contributed by atoms with van der Waals surface area (Å²) >= 11 is 0. The highest BCUT2D eigenvalue weighted by Crippen LogP contribution is 2.46. The molecule has 1 heterocycles. The van der Waals surface area contributed by atoms with Gasteiger partial charge in [0.1, 0.15) is 11.2 Å². The van der Waals surface area contributed by atoms with Gasteiger partial charge in [-0.05, 0) is 162 Å². The number of rotatable bonds is 10. The van der Waals surface area contributed by atoms with Crippen LogP contribution in [0.2, 0.25) is 0 Å². The fourth-order valence-electron chi connectivity index (χ4n) is 11.0. The molecule has 12 rings (SSSR count). The van der Waals surface area contributed by atoms with Gasteiger partial charge in [0.25, 0.3) is 0 Å². The number of furan rings is 1. The monoisotopic (exact) mass is 985 g/mol. The van der Waals surface area contributed by atoms with E-state index in [1.807, 2.05) is 0 Å². The lowest BCUT2D eigenvalue weighted by Crippen LogP contribution is -2.14. The third-order valence-corrected chi connectivity index (χ3v) is 15.3. The Morgan fingerprint density at radius 2 is 0.763 bits per heavy atom. The van der Waals surface area contributed by atoms with Crippen molar-refractivity contribution < 1.29 is 4.42 Å². The maximum Gasteiger partial charge on any atom is 0.136 e. The molecule has 0 amide bonds. The summed E-state index contributed by atoms with van der Waals surface area (Å²) in [5.41, 5.74) is 19.4. The van der Waals surface area contributed by atoms with Crippen LogP contribution in [-0.2, 0) is 10.8 Å². The van der Waals surface area contributed by atoms with Gasteiger partial charge in [-0.1, -0.05) is 207 Å². The maximum absolute atomic E-state index is 6.90. The van der Waals surface area contributed by atoms with Gasteiger partial charge in [0, 0.05) is 44.6 Å². The fourth-order valence-corrected chi connectivity index (χ4v) is 11.0. The zero-order valence-corrected chi connectivity index (χ0v) is 44.9. The van der Waals surface area contributed by atoms with E-state index in [9.17, 15) is 0 Å². The molecule has 0 fully saturated rings. The van der Waals surface area contributed by atoms with Crippen molar-refractivity contribution in [1.29, 1.82) is 0 Å². The second-order valence-corrected chi connectivity index (χ2v) is 22.9. The van der Waals surface area contributed by atoms with Crippen molar-refractivity contribution in [2.24, 2.45) is 0 Å². The molecule has 0 aliphatic carbocycles. The summed E-state index contributed by atoms with van der Waals surface area (Å²) in [5.74, 6) is 0.458. The molecule has 76 heavy (non-hydrogen) atoms. The van der Waals surface area contributed by atoms with E-state index in [-0.39, 0.29) is 10.8 Å². The third-order valence-electron chi connectivity index (χ3n) is 15.3. The summed E-state index contributed by atoms with van der Waals surface area (Å²) in [6, 6.07) is 87.2. The van der Waals surface area contributed by atoms with Crippen molar-refractivity contribution in [2.45, 2.75) is 72.1 Å². The van der Waals surface area contributed by atoms with Gasteiger partial charge in [-0.2, -0.15) is 0 Å². The third kappa shape index (κ3) is 9.21. The molecular weight excluding hydrogens is 921 g/mol. The van der Waals surface area contributed by atoms with E-state index in [1.165, 1.54) is 50.1 Å². The van der Waals surface area contributed by atoms with Crippen LogP contribution in [0.15, 0.2) is 241 Å². The molecular formula is C73H64N2O. The second kappa shape index (κ2) is 19.2. The van der Waals surface area contributed by atoms with Crippen LogP contribution >= 0.6 is 0 Å². The number of fused-ring (bicyclic) bond motifs is 5. The molecule has 0 aliphatic heterocycles.